The predicted molar refractivity (Wildman–Crippen MR) is 109 cm³/mol. The summed E-state index contributed by atoms with van der Waals surface area (Å²) in [5.41, 5.74) is 1.01. The average molecular weight is 375 g/mol. The molecule has 1 saturated carbocycles. The molecule has 2 aromatic heterocycles. The number of rotatable bonds is 5. The number of amides is 1. The number of anilines is 1. The van der Waals surface area contributed by atoms with Crippen LogP contribution in [0.5, 0.6) is 0 Å². The second kappa shape index (κ2) is 8.33. The number of carbonyl (C=O) groups excluding carboxylic acids is 1. The molecule has 1 aliphatic carbocycles. The number of aryl methyl sites for hydroxylation is 2. The van der Waals surface area contributed by atoms with Crippen LogP contribution in [0.25, 0.3) is 10.2 Å². The molecule has 0 radical (unpaired) electrons. The highest BCUT2D eigenvalue weighted by Crippen LogP contribution is 2.35. The highest BCUT2D eigenvalue weighted by atomic mass is 32.1. The first-order chi connectivity index (χ1) is 12.5. The van der Waals surface area contributed by atoms with Gasteiger partial charge in [0.2, 0.25) is 0 Å². The summed E-state index contributed by atoms with van der Waals surface area (Å²) in [5.74, 6) is 1.77. The first-order valence-electron chi connectivity index (χ1n) is 9.88. The van der Waals surface area contributed by atoms with E-state index in [0.29, 0.717) is 6.04 Å². The first-order valence-corrected chi connectivity index (χ1v) is 10.7. The van der Waals surface area contributed by atoms with E-state index in [1.807, 2.05) is 13.8 Å². The van der Waals surface area contributed by atoms with Gasteiger partial charge in [0, 0.05) is 19.1 Å². The second-order valence-electron chi connectivity index (χ2n) is 7.17. The summed E-state index contributed by atoms with van der Waals surface area (Å²) in [6, 6.07) is 0.310. The van der Waals surface area contributed by atoms with Gasteiger partial charge in [0.1, 0.15) is 16.5 Å². The predicted octanol–water partition coefficient (Wildman–Crippen LogP) is 4.61. The molecule has 6 heteroatoms. The zero-order valence-electron chi connectivity index (χ0n) is 16.4. The fourth-order valence-electron chi connectivity index (χ4n) is 3.86. The van der Waals surface area contributed by atoms with Gasteiger partial charge in [0.05, 0.1) is 10.3 Å². The fraction of sp³-hybridized carbons (Fsp3) is 0.650. The van der Waals surface area contributed by atoms with Crippen molar-refractivity contribution in [3.8, 4) is 0 Å². The van der Waals surface area contributed by atoms with Gasteiger partial charge in [-0.1, -0.05) is 25.7 Å². The summed E-state index contributed by atoms with van der Waals surface area (Å²) in [6.07, 6.45) is 7.20. The van der Waals surface area contributed by atoms with Crippen molar-refractivity contribution in [1.82, 2.24) is 15.3 Å². The lowest BCUT2D eigenvalue weighted by molar-refractivity contribution is 0.0937. The molecule has 26 heavy (non-hydrogen) atoms. The van der Waals surface area contributed by atoms with E-state index in [1.54, 1.807) is 0 Å². The van der Waals surface area contributed by atoms with Crippen LogP contribution in [0.1, 0.15) is 73.4 Å². The van der Waals surface area contributed by atoms with Crippen LogP contribution in [0.2, 0.25) is 0 Å². The molecule has 0 aliphatic heterocycles. The van der Waals surface area contributed by atoms with Gasteiger partial charge >= 0.3 is 0 Å². The Labute approximate surface area is 160 Å². The Morgan fingerprint density at radius 1 is 1.12 bits per heavy atom. The van der Waals surface area contributed by atoms with Crippen molar-refractivity contribution < 1.29 is 4.79 Å². The van der Waals surface area contributed by atoms with Gasteiger partial charge in [0.25, 0.3) is 5.91 Å². The normalized spacial score (nSPS) is 15.8. The monoisotopic (exact) mass is 374 g/mol. The number of nitrogens with one attached hydrogen (secondary N) is 1. The number of aromatic nitrogens is 2. The maximum absolute atomic E-state index is 13.0. The van der Waals surface area contributed by atoms with E-state index in [2.05, 4.69) is 29.0 Å². The Morgan fingerprint density at radius 3 is 2.38 bits per heavy atom. The molecule has 1 fully saturated rings. The van der Waals surface area contributed by atoms with Crippen LogP contribution in [0, 0.1) is 13.8 Å². The Kier molecular flexibility index (Phi) is 6.12. The van der Waals surface area contributed by atoms with E-state index in [1.165, 1.54) is 37.0 Å². The number of thiophene rings is 1. The van der Waals surface area contributed by atoms with E-state index in [-0.39, 0.29) is 5.91 Å². The van der Waals surface area contributed by atoms with Crippen LogP contribution in [0.3, 0.4) is 0 Å². The van der Waals surface area contributed by atoms with E-state index in [0.717, 1.165) is 58.2 Å². The van der Waals surface area contributed by atoms with Crippen molar-refractivity contribution in [3.05, 3.63) is 16.3 Å². The summed E-state index contributed by atoms with van der Waals surface area (Å²) in [7, 11) is 0. The molecule has 3 rings (SSSR count). The minimum Gasteiger partial charge on any atom is -0.357 e. The van der Waals surface area contributed by atoms with Gasteiger partial charge in [0.15, 0.2) is 0 Å². The largest absolute Gasteiger partial charge is 0.357 e. The highest BCUT2D eigenvalue weighted by molar-refractivity contribution is 7.20. The van der Waals surface area contributed by atoms with Crippen molar-refractivity contribution in [1.29, 1.82) is 0 Å². The maximum atomic E-state index is 13.0. The molecular formula is C20H30N4OS. The van der Waals surface area contributed by atoms with Crippen molar-refractivity contribution in [2.45, 2.75) is 72.3 Å². The molecule has 1 aliphatic rings. The molecule has 0 bridgehead atoms. The van der Waals surface area contributed by atoms with Gasteiger partial charge in [-0.2, -0.15) is 0 Å². The van der Waals surface area contributed by atoms with Crippen LogP contribution < -0.4 is 10.2 Å². The van der Waals surface area contributed by atoms with Gasteiger partial charge < -0.3 is 10.2 Å². The third-order valence-corrected chi connectivity index (χ3v) is 6.53. The minimum atomic E-state index is 0.0561. The van der Waals surface area contributed by atoms with Crippen LogP contribution in [0.15, 0.2) is 0 Å². The van der Waals surface area contributed by atoms with Crippen molar-refractivity contribution in [2.75, 3.05) is 18.0 Å². The van der Waals surface area contributed by atoms with Gasteiger partial charge in [-0.05, 0) is 46.1 Å². The summed E-state index contributed by atoms with van der Waals surface area (Å²) >= 11 is 1.50. The zero-order chi connectivity index (χ0) is 18.7. The molecule has 0 unspecified atom stereocenters. The molecule has 2 heterocycles. The van der Waals surface area contributed by atoms with Gasteiger partial charge in [-0.25, -0.2) is 9.97 Å². The Bertz CT molecular complexity index is 774. The molecule has 0 spiro atoms. The third kappa shape index (κ3) is 3.85. The summed E-state index contributed by atoms with van der Waals surface area (Å²) in [4.78, 5) is 26.2. The molecule has 0 aromatic carbocycles. The topological polar surface area (TPSA) is 58.1 Å². The molecule has 0 atom stereocenters. The van der Waals surface area contributed by atoms with E-state index >= 15 is 0 Å². The average Bonchev–Trinajstić information content (AvgIpc) is 2.78. The van der Waals surface area contributed by atoms with E-state index < -0.39 is 0 Å². The van der Waals surface area contributed by atoms with Crippen LogP contribution in [0.4, 0.5) is 5.82 Å². The molecule has 1 N–H and O–H groups in total. The van der Waals surface area contributed by atoms with Crippen LogP contribution in [-0.2, 0) is 0 Å². The van der Waals surface area contributed by atoms with Crippen molar-refractivity contribution in [3.63, 3.8) is 0 Å². The lowest BCUT2D eigenvalue weighted by Gasteiger charge is -2.21. The number of hydrogen-bond donors (Lipinski definition) is 1. The molecule has 1 amide bonds. The van der Waals surface area contributed by atoms with E-state index in [4.69, 9.17) is 4.98 Å². The quantitative estimate of drug-likeness (QED) is 0.777. The SMILES string of the molecule is CCN(CC)c1nc(C)nc2sc(C(=O)NC3CCCCCC3)c(C)c12. The molecule has 0 saturated heterocycles. The van der Waals surface area contributed by atoms with Gasteiger partial charge in [-0.3, -0.25) is 4.79 Å². The zero-order valence-corrected chi connectivity index (χ0v) is 17.2. The van der Waals surface area contributed by atoms with Crippen molar-refractivity contribution >= 4 is 33.3 Å². The third-order valence-electron chi connectivity index (χ3n) is 5.34. The second-order valence-corrected chi connectivity index (χ2v) is 8.16. The fourth-order valence-corrected chi connectivity index (χ4v) is 4.99. The molecule has 2 aromatic rings. The first kappa shape index (κ1) is 19.1. The molecule has 5 nitrogen and oxygen atoms in total. The Balaban J connectivity index is 1.95. The Hall–Kier alpha value is -1.69. The number of fused-ring (bicyclic) bond motifs is 1. The minimum absolute atomic E-state index is 0.0561. The highest BCUT2D eigenvalue weighted by Gasteiger charge is 2.23. The van der Waals surface area contributed by atoms with Crippen LogP contribution >= 0.6 is 11.3 Å². The Morgan fingerprint density at radius 2 is 1.77 bits per heavy atom. The summed E-state index contributed by atoms with van der Waals surface area (Å²) < 4.78 is 0. The van der Waals surface area contributed by atoms with Crippen molar-refractivity contribution in [2.24, 2.45) is 0 Å². The number of nitrogens with zero attached hydrogens (tertiary/aromatic N) is 3. The summed E-state index contributed by atoms with van der Waals surface area (Å²) in [6.45, 7) is 10.0. The molecular weight excluding hydrogens is 344 g/mol. The lowest BCUT2D eigenvalue weighted by atomic mass is 10.1. The molecule has 142 valence electrons. The summed E-state index contributed by atoms with van der Waals surface area (Å²) in [5, 5.41) is 4.32. The maximum Gasteiger partial charge on any atom is 0.261 e. The lowest BCUT2D eigenvalue weighted by Crippen LogP contribution is -2.34. The van der Waals surface area contributed by atoms with Crippen LogP contribution in [-0.4, -0.2) is 35.0 Å². The number of carbonyl (C=O) groups is 1. The smallest absolute Gasteiger partial charge is 0.261 e. The standard InChI is InChI=1S/C20H30N4OS/c1-5-24(6-2)18-16-13(3)17(26-20(16)22-14(4)21-18)19(25)23-15-11-9-7-8-10-12-15/h15H,5-12H2,1-4H3,(H,23,25). The number of hydrogen-bond acceptors (Lipinski definition) is 5. The van der Waals surface area contributed by atoms with E-state index in [9.17, 15) is 4.79 Å². The van der Waals surface area contributed by atoms with Gasteiger partial charge in [-0.15, -0.1) is 11.3 Å².